The van der Waals surface area contributed by atoms with Gasteiger partial charge in [-0.15, -0.1) is 10.2 Å². The van der Waals surface area contributed by atoms with E-state index in [1.807, 2.05) is 0 Å². The third-order valence-electron chi connectivity index (χ3n) is 3.01. The van der Waals surface area contributed by atoms with Crippen molar-refractivity contribution in [3.8, 4) is 0 Å². The van der Waals surface area contributed by atoms with Crippen molar-refractivity contribution in [2.75, 3.05) is 24.6 Å². The van der Waals surface area contributed by atoms with Crippen LogP contribution in [0, 0.1) is 0 Å². The molecule has 1 aliphatic rings. The highest BCUT2D eigenvalue weighted by Gasteiger charge is 2.32. The van der Waals surface area contributed by atoms with Crippen LogP contribution in [0.5, 0.6) is 0 Å². The van der Waals surface area contributed by atoms with Crippen LogP contribution in [0.4, 0.5) is 0 Å². The first kappa shape index (κ1) is 13.5. The normalized spacial score (nSPS) is 22.4. The summed E-state index contributed by atoms with van der Waals surface area (Å²) in [6.07, 6.45) is 2.37. The van der Waals surface area contributed by atoms with Crippen molar-refractivity contribution in [1.82, 2.24) is 15.5 Å². The van der Waals surface area contributed by atoms with E-state index in [-0.39, 0.29) is 17.4 Å². The minimum atomic E-state index is -2.90. The standard InChI is InChI=1S/C11H19N3O3S/c1-2-5-12-6-3-10-13-14-11(17-10)9-4-7-18(15,16)8-9/h9,12H,2-8H2,1H3. The van der Waals surface area contributed by atoms with Crippen molar-refractivity contribution < 1.29 is 12.8 Å². The summed E-state index contributed by atoms with van der Waals surface area (Å²) < 4.78 is 28.2. The van der Waals surface area contributed by atoms with E-state index < -0.39 is 9.84 Å². The van der Waals surface area contributed by atoms with Crippen LogP contribution in [0.15, 0.2) is 4.42 Å². The number of nitrogens with one attached hydrogen (secondary N) is 1. The topological polar surface area (TPSA) is 85.1 Å². The molecular weight excluding hydrogens is 254 g/mol. The van der Waals surface area contributed by atoms with Crippen molar-refractivity contribution in [3.05, 3.63) is 11.8 Å². The van der Waals surface area contributed by atoms with E-state index in [1.165, 1.54) is 0 Å². The van der Waals surface area contributed by atoms with Crippen LogP contribution in [-0.2, 0) is 16.3 Å². The molecule has 1 saturated heterocycles. The molecule has 0 aliphatic carbocycles. The van der Waals surface area contributed by atoms with Gasteiger partial charge in [0.05, 0.1) is 17.4 Å². The van der Waals surface area contributed by atoms with Gasteiger partial charge in [0.25, 0.3) is 0 Å². The molecule has 0 radical (unpaired) electrons. The Kier molecular flexibility index (Phi) is 4.34. The summed E-state index contributed by atoms with van der Waals surface area (Å²) in [5, 5.41) is 11.2. The Labute approximate surface area is 107 Å². The van der Waals surface area contributed by atoms with Crippen LogP contribution in [-0.4, -0.2) is 43.2 Å². The van der Waals surface area contributed by atoms with Gasteiger partial charge >= 0.3 is 0 Å². The summed E-state index contributed by atoms with van der Waals surface area (Å²) in [6, 6.07) is 0. The highest BCUT2D eigenvalue weighted by molar-refractivity contribution is 7.91. The Hall–Kier alpha value is -0.950. The van der Waals surface area contributed by atoms with Gasteiger partial charge in [-0.2, -0.15) is 0 Å². The van der Waals surface area contributed by atoms with Crippen LogP contribution in [0.1, 0.15) is 37.5 Å². The summed E-state index contributed by atoms with van der Waals surface area (Å²) in [4.78, 5) is 0. The molecule has 1 unspecified atom stereocenters. The minimum Gasteiger partial charge on any atom is -0.425 e. The lowest BCUT2D eigenvalue weighted by molar-refractivity contribution is 0.421. The first-order valence-electron chi connectivity index (χ1n) is 6.34. The van der Waals surface area contributed by atoms with Gasteiger partial charge in [0.1, 0.15) is 0 Å². The molecule has 102 valence electrons. The molecule has 1 aromatic rings. The third-order valence-corrected chi connectivity index (χ3v) is 4.77. The third kappa shape index (κ3) is 3.52. The molecule has 18 heavy (non-hydrogen) atoms. The molecule has 1 aliphatic heterocycles. The average molecular weight is 273 g/mol. The fourth-order valence-electron chi connectivity index (χ4n) is 2.02. The minimum absolute atomic E-state index is 0.111. The lowest BCUT2D eigenvalue weighted by Gasteiger charge is -2.00. The number of hydrogen-bond acceptors (Lipinski definition) is 6. The van der Waals surface area contributed by atoms with Crippen molar-refractivity contribution in [2.45, 2.75) is 32.1 Å². The Balaban J connectivity index is 1.86. The summed E-state index contributed by atoms with van der Waals surface area (Å²) in [5.74, 6) is 1.31. The van der Waals surface area contributed by atoms with Gasteiger partial charge in [0, 0.05) is 13.0 Å². The maximum absolute atomic E-state index is 11.4. The quantitative estimate of drug-likeness (QED) is 0.760. The summed E-state index contributed by atoms with van der Waals surface area (Å²) in [7, 11) is -2.90. The van der Waals surface area contributed by atoms with E-state index in [9.17, 15) is 8.42 Å². The Morgan fingerprint density at radius 2 is 2.22 bits per heavy atom. The molecule has 2 rings (SSSR count). The van der Waals surface area contributed by atoms with Crippen molar-refractivity contribution >= 4 is 9.84 Å². The number of aromatic nitrogens is 2. The summed E-state index contributed by atoms with van der Waals surface area (Å²) in [6.45, 7) is 3.89. The van der Waals surface area contributed by atoms with Crippen molar-refractivity contribution in [3.63, 3.8) is 0 Å². The fourth-order valence-corrected chi connectivity index (χ4v) is 3.75. The molecule has 2 heterocycles. The molecule has 1 N–H and O–H groups in total. The molecule has 1 atom stereocenters. The van der Waals surface area contributed by atoms with Gasteiger partial charge in [-0.3, -0.25) is 0 Å². The first-order chi connectivity index (χ1) is 8.61. The van der Waals surface area contributed by atoms with E-state index >= 15 is 0 Å². The van der Waals surface area contributed by atoms with Gasteiger partial charge < -0.3 is 9.73 Å². The second kappa shape index (κ2) is 5.79. The molecule has 0 aromatic carbocycles. The molecule has 0 bridgehead atoms. The summed E-state index contributed by atoms with van der Waals surface area (Å²) in [5.41, 5.74) is 0. The van der Waals surface area contributed by atoms with Gasteiger partial charge in [-0.25, -0.2) is 8.42 Å². The Bertz CT molecular complexity index is 483. The smallest absolute Gasteiger partial charge is 0.220 e. The zero-order valence-corrected chi connectivity index (χ0v) is 11.4. The molecular formula is C11H19N3O3S. The first-order valence-corrected chi connectivity index (χ1v) is 8.16. The molecule has 0 spiro atoms. The largest absolute Gasteiger partial charge is 0.425 e. The van der Waals surface area contributed by atoms with Gasteiger partial charge in [0.15, 0.2) is 9.84 Å². The predicted molar refractivity (Wildman–Crippen MR) is 67.2 cm³/mol. The van der Waals surface area contributed by atoms with E-state index in [0.29, 0.717) is 24.6 Å². The average Bonchev–Trinajstić information content (AvgIpc) is 2.91. The van der Waals surface area contributed by atoms with E-state index in [2.05, 4.69) is 22.4 Å². The van der Waals surface area contributed by atoms with Crippen LogP contribution in [0.2, 0.25) is 0 Å². The lowest BCUT2D eigenvalue weighted by atomic mass is 10.1. The maximum Gasteiger partial charge on any atom is 0.220 e. The molecule has 0 amide bonds. The Morgan fingerprint density at radius 1 is 1.39 bits per heavy atom. The SMILES string of the molecule is CCCNCCc1nnc(C2CCS(=O)(=O)C2)o1. The van der Waals surface area contributed by atoms with Crippen LogP contribution < -0.4 is 5.32 Å². The molecule has 6 nitrogen and oxygen atoms in total. The van der Waals surface area contributed by atoms with E-state index in [1.54, 1.807) is 0 Å². The maximum atomic E-state index is 11.4. The monoisotopic (exact) mass is 273 g/mol. The highest BCUT2D eigenvalue weighted by Crippen LogP contribution is 2.27. The van der Waals surface area contributed by atoms with E-state index in [4.69, 9.17) is 4.42 Å². The lowest BCUT2D eigenvalue weighted by Crippen LogP contribution is -2.17. The van der Waals surface area contributed by atoms with Crippen LogP contribution >= 0.6 is 0 Å². The number of nitrogens with zero attached hydrogens (tertiary/aromatic N) is 2. The van der Waals surface area contributed by atoms with Gasteiger partial charge in [-0.1, -0.05) is 6.92 Å². The Morgan fingerprint density at radius 3 is 2.89 bits per heavy atom. The van der Waals surface area contributed by atoms with Gasteiger partial charge in [0.2, 0.25) is 11.8 Å². The fraction of sp³-hybridized carbons (Fsp3) is 0.818. The zero-order chi connectivity index (χ0) is 13.0. The van der Waals surface area contributed by atoms with Crippen LogP contribution in [0.25, 0.3) is 0 Å². The second-order valence-electron chi connectivity index (χ2n) is 4.63. The second-order valence-corrected chi connectivity index (χ2v) is 6.86. The number of hydrogen-bond donors (Lipinski definition) is 1. The van der Waals surface area contributed by atoms with Gasteiger partial charge in [-0.05, 0) is 19.4 Å². The van der Waals surface area contributed by atoms with Crippen molar-refractivity contribution in [1.29, 1.82) is 0 Å². The number of sulfone groups is 1. The zero-order valence-electron chi connectivity index (χ0n) is 10.6. The predicted octanol–water partition coefficient (Wildman–Crippen LogP) is 0.514. The molecule has 1 aromatic heterocycles. The molecule has 7 heteroatoms. The summed E-state index contributed by atoms with van der Waals surface area (Å²) >= 11 is 0. The van der Waals surface area contributed by atoms with Crippen molar-refractivity contribution in [2.24, 2.45) is 0 Å². The van der Waals surface area contributed by atoms with E-state index in [0.717, 1.165) is 19.5 Å². The molecule has 1 fully saturated rings. The number of rotatable bonds is 6. The molecule has 0 saturated carbocycles. The highest BCUT2D eigenvalue weighted by atomic mass is 32.2. The van der Waals surface area contributed by atoms with Crippen LogP contribution in [0.3, 0.4) is 0 Å².